The quantitative estimate of drug-likeness (QED) is 0.728. The maximum atomic E-state index is 11.9. The van der Waals surface area contributed by atoms with E-state index in [1.54, 1.807) is 18.2 Å². The highest BCUT2D eigenvalue weighted by atomic mass is 79.9. The summed E-state index contributed by atoms with van der Waals surface area (Å²) in [5, 5.41) is 13.4. The number of anilines is 1. The Morgan fingerprint density at radius 2 is 2.15 bits per heavy atom. The first kappa shape index (κ1) is 14.5. The topological polar surface area (TPSA) is 105 Å². The van der Waals surface area contributed by atoms with E-state index in [2.05, 4.69) is 26.2 Å². The number of carboxylic acid groups (broad SMARTS) is 1. The molecule has 2 aromatic rings. The molecule has 1 heterocycles. The molecule has 104 valence electrons. The Hall–Kier alpha value is -1.93. The molecule has 0 aliphatic heterocycles. The maximum absolute atomic E-state index is 11.9. The van der Waals surface area contributed by atoms with Crippen molar-refractivity contribution in [3.8, 4) is 0 Å². The summed E-state index contributed by atoms with van der Waals surface area (Å²) in [5.41, 5.74) is 6.54. The molecular weight excluding hydrogens is 346 g/mol. The first-order valence-electron chi connectivity index (χ1n) is 5.47. The van der Waals surface area contributed by atoms with Gasteiger partial charge in [-0.1, -0.05) is 15.9 Å². The molecule has 8 heteroatoms. The van der Waals surface area contributed by atoms with Gasteiger partial charge in [0.1, 0.15) is 5.01 Å². The van der Waals surface area contributed by atoms with Gasteiger partial charge in [0, 0.05) is 21.1 Å². The van der Waals surface area contributed by atoms with Crippen molar-refractivity contribution in [1.29, 1.82) is 0 Å². The van der Waals surface area contributed by atoms with Gasteiger partial charge in [0.25, 0.3) is 5.91 Å². The van der Waals surface area contributed by atoms with Crippen LogP contribution >= 0.6 is 27.3 Å². The molecule has 20 heavy (non-hydrogen) atoms. The number of rotatable bonds is 4. The molecule has 0 unspecified atom stereocenters. The molecule has 1 amide bonds. The minimum Gasteiger partial charge on any atom is -0.476 e. The van der Waals surface area contributed by atoms with Gasteiger partial charge >= 0.3 is 5.97 Å². The van der Waals surface area contributed by atoms with Crippen LogP contribution in [0.25, 0.3) is 0 Å². The van der Waals surface area contributed by atoms with Crippen LogP contribution < -0.4 is 11.1 Å². The Morgan fingerprint density at radius 3 is 2.75 bits per heavy atom. The van der Waals surface area contributed by atoms with Gasteiger partial charge in [-0.25, -0.2) is 9.78 Å². The lowest BCUT2D eigenvalue weighted by Gasteiger charge is -2.05. The molecule has 1 aromatic heterocycles. The number of nitrogen functional groups attached to an aromatic ring is 1. The Balaban J connectivity index is 2.02. The van der Waals surface area contributed by atoms with E-state index in [1.807, 2.05) is 0 Å². The van der Waals surface area contributed by atoms with Crippen LogP contribution in [0.3, 0.4) is 0 Å². The fraction of sp³-hybridized carbons (Fsp3) is 0.0833. The highest BCUT2D eigenvalue weighted by Crippen LogP contribution is 2.17. The second-order valence-corrected chi connectivity index (χ2v) is 5.75. The number of aromatic nitrogens is 1. The van der Waals surface area contributed by atoms with Gasteiger partial charge in [-0.15, -0.1) is 11.3 Å². The van der Waals surface area contributed by atoms with Crippen molar-refractivity contribution in [3.05, 3.63) is 44.3 Å². The second-order valence-electron chi connectivity index (χ2n) is 3.89. The molecule has 0 fully saturated rings. The monoisotopic (exact) mass is 355 g/mol. The normalized spacial score (nSPS) is 10.2. The van der Waals surface area contributed by atoms with E-state index in [1.165, 1.54) is 16.7 Å². The van der Waals surface area contributed by atoms with Crippen LogP contribution in [0.15, 0.2) is 28.1 Å². The van der Waals surface area contributed by atoms with Gasteiger partial charge in [0.15, 0.2) is 5.69 Å². The molecule has 0 atom stereocenters. The molecular formula is C12H10BrN3O3S. The van der Waals surface area contributed by atoms with Crippen LogP contribution in [-0.4, -0.2) is 22.0 Å². The minimum absolute atomic E-state index is 0.0223. The predicted octanol–water partition coefficient (Wildman–Crippen LogP) is 2.12. The van der Waals surface area contributed by atoms with Crippen LogP contribution in [0.1, 0.15) is 25.9 Å². The molecule has 0 aliphatic carbocycles. The van der Waals surface area contributed by atoms with Gasteiger partial charge in [0.2, 0.25) is 0 Å². The average molecular weight is 356 g/mol. The Labute approximate surface area is 126 Å². The third-order valence-electron chi connectivity index (χ3n) is 2.35. The number of carbonyl (C=O) groups excluding carboxylic acids is 1. The number of aromatic carboxylic acids is 1. The summed E-state index contributed by atoms with van der Waals surface area (Å²) in [5.74, 6) is -1.39. The lowest BCUT2D eigenvalue weighted by atomic mass is 10.2. The zero-order valence-electron chi connectivity index (χ0n) is 10.1. The summed E-state index contributed by atoms with van der Waals surface area (Å²) in [4.78, 5) is 26.5. The van der Waals surface area contributed by atoms with Crippen LogP contribution in [0, 0.1) is 0 Å². The van der Waals surface area contributed by atoms with Crippen molar-refractivity contribution < 1.29 is 14.7 Å². The summed E-state index contributed by atoms with van der Waals surface area (Å²) in [7, 11) is 0. The first-order chi connectivity index (χ1) is 9.45. The minimum atomic E-state index is -1.08. The number of benzene rings is 1. The van der Waals surface area contributed by atoms with Gasteiger partial charge < -0.3 is 16.2 Å². The van der Waals surface area contributed by atoms with E-state index in [-0.39, 0.29) is 18.1 Å². The largest absolute Gasteiger partial charge is 0.476 e. The highest BCUT2D eigenvalue weighted by Gasteiger charge is 2.11. The lowest BCUT2D eigenvalue weighted by Crippen LogP contribution is -2.23. The predicted molar refractivity (Wildman–Crippen MR) is 78.8 cm³/mol. The Kier molecular flexibility index (Phi) is 4.35. The van der Waals surface area contributed by atoms with E-state index < -0.39 is 5.97 Å². The van der Waals surface area contributed by atoms with E-state index in [0.717, 1.165) is 0 Å². The number of nitrogens with zero attached hydrogens (tertiary/aromatic N) is 1. The van der Waals surface area contributed by atoms with Gasteiger partial charge in [-0.2, -0.15) is 0 Å². The molecule has 6 nitrogen and oxygen atoms in total. The first-order valence-corrected chi connectivity index (χ1v) is 7.15. The molecule has 0 radical (unpaired) electrons. The molecule has 0 saturated carbocycles. The molecule has 2 rings (SSSR count). The van der Waals surface area contributed by atoms with Crippen molar-refractivity contribution in [1.82, 2.24) is 10.3 Å². The van der Waals surface area contributed by atoms with E-state index in [9.17, 15) is 9.59 Å². The number of thiazole rings is 1. The summed E-state index contributed by atoms with van der Waals surface area (Å²) in [6.07, 6.45) is 0. The zero-order valence-corrected chi connectivity index (χ0v) is 12.5. The fourth-order valence-corrected chi connectivity index (χ4v) is 2.71. The summed E-state index contributed by atoms with van der Waals surface area (Å²) in [6, 6.07) is 4.90. The Morgan fingerprint density at radius 1 is 1.40 bits per heavy atom. The van der Waals surface area contributed by atoms with Crippen LogP contribution in [0.4, 0.5) is 5.69 Å². The van der Waals surface area contributed by atoms with Crippen LogP contribution in [0.2, 0.25) is 0 Å². The highest BCUT2D eigenvalue weighted by molar-refractivity contribution is 9.10. The third-order valence-corrected chi connectivity index (χ3v) is 3.66. The third kappa shape index (κ3) is 3.55. The fourth-order valence-electron chi connectivity index (χ4n) is 1.49. The maximum Gasteiger partial charge on any atom is 0.355 e. The molecule has 0 aliphatic rings. The van der Waals surface area contributed by atoms with Crippen molar-refractivity contribution in [3.63, 3.8) is 0 Å². The van der Waals surface area contributed by atoms with Crippen molar-refractivity contribution in [2.24, 2.45) is 0 Å². The van der Waals surface area contributed by atoms with Gasteiger partial charge in [-0.05, 0) is 18.2 Å². The van der Waals surface area contributed by atoms with Crippen molar-refractivity contribution in [2.75, 3.05) is 5.73 Å². The van der Waals surface area contributed by atoms with Crippen LogP contribution in [-0.2, 0) is 6.54 Å². The molecule has 4 N–H and O–H groups in total. The second kappa shape index (κ2) is 6.02. The zero-order chi connectivity index (χ0) is 14.7. The summed E-state index contributed by atoms with van der Waals surface area (Å²) in [6.45, 7) is 0.170. The van der Waals surface area contributed by atoms with Crippen molar-refractivity contribution in [2.45, 2.75) is 6.54 Å². The standard InChI is InChI=1S/C12H10BrN3O3S/c13-7-1-6(2-8(14)3-7)11(17)15-4-10-16-9(5-20-10)12(18)19/h1-3,5H,4,14H2,(H,15,17)(H,18,19). The number of halogens is 1. The summed E-state index contributed by atoms with van der Waals surface area (Å²) >= 11 is 4.44. The van der Waals surface area contributed by atoms with E-state index >= 15 is 0 Å². The van der Waals surface area contributed by atoms with Gasteiger partial charge in [-0.3, -0.25) is 4.79 Å². The smallest absolute Gasteiger partial charge is 0.355 e. The van der Waals surface area contributed by atoms with Gasteiger partial charge in [0.05, 0.1) is 6.54 Å². The number of amides is 1. The average Bonchev–Trinajstić information content (AvgIpc) is 2.83. The van der Waals surface area contributed by atoms with Crippen molar-refractivity contribution >= 4 is 44.8 Å². The molecule has 0 bridgehead atoms. The number of carboxylic acids is 1. The SMILES string of the molecule is Nc1cc(Br)cc(C(=O)NCc2nc(C(=O)O)cs2)c1. The Bertz CT molecular complexity index is 651. The number of nitrogens with two attached hydrogens (primary N) is 1. The van der Waals surface area contributed by atoms with Crippen LogP contribution in [0.5, 0.6) is 0 Å². The molecule has 1 aromatic carbocycles. The molecule has 0 spiro atoms. The lowest BCUT2D eigenvalue weighted by molar-refractivity contribution is 0.0691. The summed E-state index contributed by atoms with van der Waals surface area (Å²) < 4.78 is 0.713. The van der Waals surface area contributed by atoms with E-state index in [0.29, 0.717) is 20.7 Å². The number of hydrogen-bond acceptors (Lipinski definition) is 5. The number of nitrogens with one attached hydrogen (secondary N) is 1. The van der Waals surface area contributed by atoms with E-state index in [4.69, 9.17) is 10.8 Å². The number of carbonyl (C=O) groups is 2. The number of hydrogen-bond donors (Lipinski definition) is 3. The molecule has 0 saturated heterocycles.